The molecule has 0 aliphatic carbocycles. The molecule has 2 rings (SSSR count). The first kappa shape index (κ1) is 15.5. The van der Waals surface area contributed by atoms with Crippen LogP contribution in [0.3, 0.4) is 0 Å². The third-order valence-electron chi connectivity index (χ3n) is 4.54. The summed E-state index contributed by atoms with van der Waals surface area (Å²) < 4.78 is 0. The largest absolute Gasteiger partial charge is 0.390 e. The molecule has 3 N–H and O–H groups in total. The summed E-state index contributed by atoms with van der Waals surface area (Å²) in [4.78, 5) is 2.36. The Labute approximate surface area is 122 Å². The van der Waals surface area contributed by atoms with Crippen LogP contribution >= 0.6 is 0 Å². The molecular formula is C17H28N2O. The summed E-state index contributed by atoms with van der Waals surface area (Å²) in [5.41, 5.74) is 7.34. The molecule has 1 aromatic rings. The second kappa shape index (κ2) is 7.77. The van der Waals surface area contributed by atoms with Gasteiger partial charge in [0.05, 0.1) is 6.10 Å². The van der Waals surface area contributed by atoms with Crippen molar-refractivity contribution in [1.29, 1.82) is 0 Å². The standard InChI is InChI=1S/C17H28N2O/c1-2-14-8-10-19(11-9-14)13-17(20)16(18)12-15-6-4-3-5-7-15/h3-7,14,16-17,20H,2,8-13,18H2,1H3. The maximum absolute atomic E-state index is 10.3. The molecular weight excluding hydrogens is 248 g/mol. The second-order valence-electron chi connectivity index (χ2n) is 6.07. The summed E-state index contributed by atoms with van der Waals surface area (Å²) in [6.07, 6.45) is 4.11. The predicted octanol–water partition coefficient (Wildman–Crippen LogP) is 2.04. The fourth-order valence-corrected chi connectivity index (χ4v) is 3.00. The van der Waals surface area contributed by atoms with Crippen LogP contribution in [0.5, 0.6) is 0 Å². The molecule has 3 heteroatoms. The first-order valence-electron chi connectivity index (χ1n) is 7.89. The maximum atomic E-state index is 10.3. The van der Waals surface area contributed by atoms with Crippen LogP contribution in [0.4, 0.5) is 0 Å². The van der Waals surface area contributed by atoms with Gasteiger partial charge in [0.1, 0.15) is 0 Å². The fraction of sp³-hybridized carbons (Fsp3) is 0.647. The highest BCUT2D eigenvalue weighted by Crippen LogP contribution is 2.20. The van der Waals surface area contributed by atoms with Crippen molar-refractivity contribution in [2.45, 2.75) is 44.8 Å². The molecule has 0 radical (unpaired) electrons. The fourth-order valence-electron chi connectivity index (χ4n) is 3.00. The zero-order chi connectivity index (χ0) is 14.4. The Bertz CT molecular complexity index is 374. The van der Waals surface area contributed by atoms with Crippen LogP contribution in [0, 0.1) is 5.92 Å². The average Bonchev–Trinajstić information content (AvgIpc) is 2.49. The van der Waals surface area contributed by atoms with Gasteiger partial charge < -0.3 is 15.7 Å². The lowest BCUT2D eigenvalue weighted by molar-refractivity contribution is 0.0721. The molecule has 2 unspecified atom stereocenters. The molecule has 1 saturated heterocycles. The van der Waals surface area contributed by atoms with Crippen LogP contribution in [0.25, 0.3) is 0 Å². The molecule has 0 amide bonds. The lowest BCUT2D eigenvalue weighted by Gasteiger charge is -2.34. The molecule has 112 valence electrons. The molecule has 20 heavy (non-hydrogen) atoms. The molecule has 3 nitrogen and oxygen atoms in total. The van der Waals surface area contributed by atoms with Crippen LogP contribution in [-0.4, -0.2) is 41.8 Å². The number of rotatable bonds is 6. The number of benzene rings is 1. The van der Waals surface area contributed by atoms with E-state index in [0.717, 1.165) is 25.4 Å². The predicted molar refractivity (Wildman–Crippen MR) is 83.6 cm³/mol. The van der Waals surface area contributed by atoms with E-state index in [9.17, 15) is 5.11 Å². The minimum Gasteiger partial charge on any atom is -0.390 e. The van der Waals surface area contributed by atoms with Crippen molar-refractivity contribution in [3.05, 3.63) is 35.9 Å². The van der Waals surface area contributed by atoms with Gasteiger partial charge in [0, 0.05) is 12.6 Å². The van der Waals surface area contributed by atoms with E-state index in [1.54, 1.807) is 0 Å². The van der Waals surface area contributed by atoms with E-state index in [1.807, 2.05) is 18.2 Å². The molecule has 0 bridgehead atoms. The first-order valence-corrected chi connectivity index (χ1v) is 7.89. The van der Waals surface area contributed by atoms with Gasteiger partial charge in [-0.25, -0.2) is 0 Å². The van der Waals surface area contributed by atoms with E-state index in [-0.39, 0.29) is 6.04 Å². The Morgan fingerprint density at radius 1 is 1.25 bits per heavy atom. The van der Waals surface area contributed by atoms with Gasteiger partial charge in [-0.1, -0.05) is 43.7 Å². The van der Waals surface area contributed by atoms with E-state index >= 15 is 0 Å². The summed E-state index contributed by atoms with van der Waals surface area (Å²) in [5.74, 6) is 0.876. The molecule has 0 spiro atoms. The smallest absolute Gasteiger partial charge is 0.0820 e. The molecule has 1 fully saturated rings. The SMILES string of the molecule is CCC1CCN(CC(O)C(N)Cc2ccccc2)CC1. The Kier molecular flexibility index (Phi) is 6.02. The quantitative estimate of drug-likeness (QED) is 0.836. The highest BCUT2D eigenvalue weighted by molar-refractivity contribution is 5.16. The van der Waals surface area contributed by atoms with E-state index in [1.165, 1.54) is 24.8 Å². The average molecular weight is 276 g/mol. The number of aliphatic hydroxyl groups is 1. The van der Waals surface area contributed by atoms with Gasteiger partial charge in [-0.05, 0) is 43.8 Å². The van der Waals surface area contributed by atoms with Crippen LogP contribution in [0.15, 0.2) is 30.3 Å². The zero-order valence-corrected chi connectivity index (χ0v) is 12.5. The Morgan fingerprint density at radius 2 is 1.90 bits per heavy atom. The van der Waals surface area contributed by atoms with Crippen LogP contribution in [-0.2, 0) is 6.42 Å². The summed E-state index contributed by atoms with van der Waals surface area (Å²) >= 11 is 0. The number of hydrogen-bond donors (Lipinski definition) is 2. The third-order valence-corrected chi connectivity index (χ3v) is 4.54. The molecule has 0 saturated carbocycles. The lowest BCUT2D eigenvalue weighted by atomic mass is 9.94. The van der Waals surface area contributed by atoms with Gasteiger partial charge in [-0.2, -0.15) is 0 Å². The lowest BCUT2D eigenvalue weighted by Crippen LogP contribution is -2.46. The number of β-amino-alcohol motifs (C(OH)–C–C–N with tert-alkyl or cyclic N) is 1. The van der Waals surface area contributed by atoms with Gasteiger partial charge in [0.2, 0.25) is 0 Å². The first-order chi connectivity index (χ1) is 9.69. The highest BCUT2D eigenvalue weighted by Gasteiger charge is 2.22. The third kappa shape index (κ3) is 4.58. The van der Waals surface area contributed by atoms with Gasteiger partial charge in [-0.3, -0.25) is 0 Å². The van der Waals surface area contributed by atoms with Crippen molar-refractivity contribution >= 4 is 0 Å². The van der Waals surface area contributed by atoms with Crippen molar-refractivity contribution in [1.82, 2.24) is 4.90 Å². The zero-order valence-electron chi connectivity index (χ0n) is 12.5. The van der Waals surface area contributed by atoms with Crippen LogP contribution < -0.4 is 5.73 Å². The number of likely N-dealkylation sites (tertiary alicyclic amines) is 1. The second-order valence-corrected chi connectivity index (χ2v) is 6.07. The summed E-state index contributed by atoms with van der Waals surface area (Å²) in [6, 6.07) is 10.00. The normalized spacial score (nSPS) is 20.8. The summed E-state index contributed by atoms with van der Waals surface area (Å²) in [5, 5.41) is 10.3. The Morgan fingerprint density at radius 3 is 2.50 bits per heavy atom. The van der Waals surface area contributed by atoms with E-state index in [2.05, 4.69) is 24.0 Å². The molecule has 1 aromatic carbocycles. The summed E-state index contributed by atoms with van der Waals surface area (Å²) in [7, 11) is 0. The van der Waals surface area contributed by atoms with Crippen molar-refractivity contribution in [2.75, 3.05) is 19.6 Å². The Hall–Kier alpha value is -0.900. The van der Waals surface area contributed by atoms with Gasteiger partial charge >= 0.3 is 0 Å². The Balaban J connectivity index is 1.75. The van der Waals surface area contributed by atoms with Crippen molar-refractivity contribution in [2.24, 2.45) is 11.7 Å². The van der Waals surface area contributed by atoms with E-state index < -0.39 is 6.10 Å². The number of hydrogen-bond acceptors (Lipinski definition) is 3. The highest BCUT2D eigenvalue weighted by atomic mass is 16.3. The van der Waals surface area contributed by atoms with Gasteiger partial charge in [0.15, 0.2) is 0 Å². The number of nitrogens with zero attached hydrogens (tertiary/aromatic N) is 1. The van der Waals surface area contributed by atoms with Crippen LogP contribution in [0.1, 0.15) is 31.7 Å². The minimum absolute atomic E-state index is 0.179. The molecule has 2 atom stereocenters. The topological polar surface area (TPSA) is 49.5 Å². The molecule has 1 aliphatic heterocycles. The van der Waals surface area contributed by atoms with Crippen molar-refractivity contribution < 1.29 is 5.11 Å². The van der Waals surface area contributed by atoms with Gasteiger partial charge in [-0.15, -0.1) is 0 Å². The van der Waals surface area contributed by atoms with Crippen LogP contribution in [0.2, 0.25) is 0 Å². The maximum Gasteiger partial charge on any atom is 0.0820 e. The molecule has 1 heterocycles. The van der Waals surface area contributed by atoms with Crippen molar-refractivity contribution in [3.63, 3.8) is 0 Å². The van der Waals surface area contributed by atoms with E-state index in [4.69, 9.17) is 5.73 Å². The summed E-state index contributed by atoms with van der Waals surface area (Å²) in [6.45, 7) is 5.19. The number of piperidine rings is 1. The number of aliphatic hydroxyl groups excluding tert-OH is 1. The van der Waals surface area contributed by atoms with Crippen molar-refractivity contribution in [3.8, 4) is 0 Å². The monoisotopic (exact) mass is 276 g/mol. The molecule has 0 aromatic heterocycles. The number of nitrogens with two attached hydrogens (primary N) is 1. The minimum atomic E-state index is -0.437. The van der Waals surface area contributed by atoms with Gasteiger partial charge in [0.25, 0.3) is 0 Å². The molecule has 1 aliphatic rings. The van der Waals surface area contributed by atoms with E-state index in [0.29, 0.717) is 6.54 Å².